The molecule has 0 N–H and O–H groups in total. The summed E-state index contributed by atoms with van der Waals surface area (Å²) in [7, 11) is 0. The molecule has 2 aromatic rings. The van der Waals surface area contributed by atoms with E-state index in [0.717, 1.165) is 12.0 Å². The summed E-state index contributed by atoms with van der Waals surface area (Å²) in [6.45, 7) is 0. The number of fused-ring (bicyclic) bond motifs is 1. The summed E-state index contributed by atoms with van der Waals surface area (Å²) in [4.78, 5) is 32.8. The maximum atomic E-state index is 13.5. The van der Waals surface area contributed by atoms with E-state index in [9.17, 15) is 9.59 Å². The van der Waals surface area contributed by atoms with Gasteiger partial charge in [0.1, 0.15) is 11.9 Å². The lowest BCUT2D eigenvalue weighted by Crippen LogP contribution is -2.41. The van der Waals surface area contributed by atoms with Gasteiger partial charge in [-0.05, 0) is 49.1 Å². The number of benzene rings is 1. The van der Waals surface area contributed by atoms with Gasteiger partial charge in [-0.25, -0.2) is 4.98 Å². The van der Waals surface area contributed by atoms with Gasteiger partial charge >= 0.3 is 0 Å². The van der Waals surface area contributed by atoms with Crippen LogP contribution in [-0.4, -0.2) is 28.2 Å². The number of alkyl halides is 1. The highest BCUT2D eigenvalue weighted by molar-refractivity contribution is 6.30. The number of aromatic nitrogens is 1. The lowest BCUT2D eigenvalue weighted by atomic mass is 9.77. The van der Waals surface area contributed by atoms with Crippen molar-refractivity contribution < 1.29 is 14.3 Å². The van der Waals surface area contributed by atoms with Crippen LogP contribution in [0.5, 0.6) is 0 Å². The fourth-order valence-corrected chi connectivity index (χ4v) is 4.95. The molecule has 2 aliphatic heterocycles. The number of halogens is 2. The predicted molar refractivity (Wildman–Crippen MR) is 110 cm³/mol. The van der Waals surface area contributed by atoms with Gasteiger partial charge in [0.25, 0.3) is 5.91 Å². The smallest absolute Gasteiger partial charge is 0.295 e. The number of amides is 1. The Balaban J connectivity index is 1.64. The van der Waals surface area contributed by atoms with E-state index in [2.05, 4.69) is 4.98 Å². The van der Waals surface area contributed by atoms with Gasteiger partial charge in [0.15, 0.2) is 11.5 Å². The van der Waals surface area contributed by atoms with E-state index in [0.29, 0.717) is 29.3 Å². The second-order valence-electron chi connectivity index (χ2n) is 7.60. The first-order valence-electron chi connectivity index (χ1n) is 9.63. The van der Waals surface area contributed by atoms with Crippen LogP contribution in [0.2, 0.25) is 5.02 Å². The summed E-state index contributed by atoms with van der Waals surface area (Å²) in [6.07, 6.45) is 3.34. The molecule has 0 radical (unpaired) electrons. The number of anilines is 1. The summed E-state index contributed by atoms with van der Waals surface area (Å²) in [5.41, 5.74) is 1.18. The molecule has 1 aromatic carbocycles. The van der Waals surface area contributed by atoms with Crippen molar-refractivity contribution in [3.8, 4) is 0 Å². The Morgan fingerprint density at radius 2 is 1.86 bits per heavy atom. The van der Waals surface area contributed by atoms with Crippen LogP contribution >= 0.6 is 23.2 Å². The molecule has 3 aliphatic rings. The van der Waals surface area contributed by atoms with Crippen molar-refractivity contribution in [1.29, 1.82) is 0 Å². The van der Waals surface area contributed by atoms with Crippen molar-refractivity contribution in [2.24, 2.45) is 5.92 Å². The van der Waals surface area contributed by atoms with Gasteiger partial charge in [0, 0.05) is 16.6 Å². The van der Waals surface area contributed by atoms with E-state index in [1.54, 1.807) is 35.4 Å². The van der Waals surface area contributed by atoms with Crippen LogP contribution in [-0.2, 0) is 14.3 Å². The molecule has 7 heteroatoms. The number of hydrogen-bond acceptors (Lipinski definition) is 4. The first kappa shape index (κ1) is 18.6. The number of ether oxygens (including phenoxy) is 1. The number of rotatable bonds is 2. The molecule has 5 nitrogen and oxygen atoms in total. The topological polar surface area (TPSA) is 59.5 Å². The summed E-state index contributed by atoms with van der Waals surface area (Å²) in [5.74, 6) is -0.0839. The second kappa shape index (κ2) is 7.15. The molecular weight excluding hydrogens is 411 g/mol. The molecule has 1 aliphatic carbocycles. The lowest BCUT2D eigenvalue weighted by Gasteiger charge is -2.37. The number of hydrogen-bond donors (Lipinski definition) is 0. The minimum Gasteiger partial charge on any atom is -0.483 e. The molecule has 4 unspecified atom stereocenters. The van der Waals surface area contributed by atoms with E-state index in [1.165, 1.54) is 0 Å². The molecule has 1 fully saturated rings. The molecule has 0 saturated heterocycles. The summed E-state index contributed by atoms with van der Waals surface area (Å²) < 4.78 is 6.13. The highest BCUT2D eigenvalue weighted by atomic mass is 35.5. The van der Waals surface area contributed by atoms with Crippen molar-refractivity contribution in [3.63, 3.8) is 0 Å². The minimum absolute atomic E-state index is 0.0478. The number of Topliss-reactive ketones (excluding diaryl/α,β-unsaturated/α-hetero) is 1. The average Bonchev–Trinajstić information content (AvgIpc) is 3.03. The molecule has 1 aromatic heterocycles. The zero-order chi connectivity index (χ0) is 20.1. The second-order valence-corrected chi connectivity index (χ2v) is 8.65. The van der Waals surface area contributed by atoms with E-state index in [1.807, 2.05) is 18.2 Å². The third-order valence-corrected chi connectivity index (χ3v) is 6.51. The summed E-state index contributed by atoms with van der Waals surface area (Å²) >= 11 is 12.4. The van der Waals surface area contributed by atoms with E-state index < -0.39 is 6.04 Å². The van der Waals surface area contributed by atoms with Crippen LogP contribution in [0.3, 0.4) is 0 Å². The van der Waals surface area contributed by atoms with Crippen molar-refractivity contribution in [2.75, 3.05) is 4.90 Å². The maximum Gasteiger partial charge on any atom is 0.295 e. The monoisotopic (exact) mass is 428 g/mol. The molecule has 3 heterocycles. The fourth-order valence-electron chi connectivity index (χ4n) is 4.51. The molecular formula is C22H18Cl2N2O3. The zero-order valence-corrected chi connectivity index (χ0v) is 16.9. The number of carbonyl (C=O) groups is 2. The Bertz CT molecular complexity index is 1010. The lowest BCUT2D eigenvalue weighted by molar-refractivity contribution is -0.131. The average molecular weight is 429 g/mol. The Morgan fingerprint density at radius 3 is 2.59 bits per heavy atom. The van der Waals surface area contributed by atoms with Crippen LogP contribution in [0.1, 0.15) is 30.9 Å². The predicted octanol–water partition coefficient (Wildman–Crippen LogP) is 4.45. The van der Waals surface area contributed by atoms with Crippen LogP contribution in [0, 0.1) is 5.92 Å². The number of pyridine rings is 1. The molecule has 29 heavy (non-hydrogen) atoms. The highest BCUT2D eigenvalue weighted by Crippen LogP contribution is 2.48. The van der Waals surface area contributed by atoms with Crippen LogP contribution in [0.25, 0.3) is 0 Å². The summed E-state index contributed by atoms with van der Waals surface area (Å²) in [6, 6.07) is 11.9. The van der Waals surface area contributed by atoms with E-state index in [4.69, 9.17) is 27.9 Å². The van der Waals surface area contributed by atoms with Crippen molar-refractivity contribution in [1.82, 2.24) is 4.98 Å². The summed E-state index contributed by atoms with van der Waals surface area (Å²) in [5, 5.41) is 0.532. The SMILES string of the molecule is O=C1C2=C(OC3CCC(Cl)CC13)C(=O)N(c1ccccn1)C2c1ccc(Cl)cc1. The van der Waals surface area contributed by atoms with Gasteiger partial charge in [0.05, 0.1) is 17.5 Å². The molecule has 0 spiro atoms. The van der Waals surface area contributed by atoms with Crippen LogP contribution < -0.4 is 4.90 Å². The quantitative estimate of drug-likeness (QED) is 0.662. The first-order valence-corrected chi connectivity index (χ1v) is 10.4. The molecule has 148 valence electrons. The van der Waals surface area contributed by atoms with Crippen LogP contribution in [0.4, 0.5) is 5.82 Å². The minimum atomic E-state index is -0.603. The van der Waals surface area contributed by atoms with Gasteiger partial charge in [-0.2, -0.15) is 0 Å². The Hall–Kier alpha value is -2.37. The molecule has 1 amide bonds. The van der Waals surface area contributed by atoms with Gasteiger partial charge in [-0.3, -0.25) is 14.5 Å². The third kappa shape index (κ3) is 3.04. The van der Waals surface area contributed by atoms with Gasteiger partial charge in [-0.1, -0.05) is 29.8 Å². The molecule has 0 bridgehead atoms. The number of nitrogens with zero attached hydrogens (tertiary/aromatic N) is 2. The van der Waals surface area contributed by atoms with Gasteiger partial charge < -0.3 is 4.74 Å². The van der Waals surface area contributed by atoms with Crippen LogP contribution in [0.15, 0.2) is 60.0 Å². The first-order chi connectivity index (χ1) is 14.0. The highest BCUT2D eigenvalue weighted by Gasteiger charge is 2.53. The van der Waals surface area contributed by atoms with Crippen molar-refractivity contribution in [3.05, 3.63) is 70.6 Å². The standard InChI is InChI=1S/C22H18Cl2N2O3/c23-13-6-4-12(5-7-13)19-18-20(27)15-11-14(24)8-9-16(15)29-21(18)22(28)26(19)17-3-1-2-10-25-17/h1-7,10,14-16,19H,8-9,11H2. The van der Waals surface area contributed by atoms with Gasteiger partial charge in [-0.15, -0.1) is 11.6 Å². The Labute approximate surface area is 178 Å². The normalized spacial score (nSPS) is 28.8. The van der Waals surface area contributed by atoms with E-state index >= 15 is 0 Å². The van der Waals surface area contributed by atoms with Gasteiger partial charge in [0.2, 0.25) is 0 Å². The van der Waals surface area contributed by atoms with Crippen molar-refractivity contribution >= 4 is 40.7 Å². The molecule has 4 atom stereocenters. The fraction of sp³-hybridized carbons (Fsp3) is 0.318. The third-order valence-electron chi connectivity index (χ3n) is 5.87. The Kier molecular flexibility index (Phi) is 4.60. The largest absolute Gasteiger partial charge is 0.483 e. The zero-order valence-electron chi connectivity index (χ0n) is 15.4. The van der Waals surface area contributed by atoms with E-state index in [-0.39, 0.29) is 34.8 Å². The van der Waals surface area contributed by atoms with Crippen molar-refractivity contribution in [2.45, 2.75) is 36.8 Å². The maximum absolute atomic E-state index is 13.5. The Morgan fingerprint density at radius 1 is 1.07 bits per heavy atom. The molecule has 1 saturated carbocycles. The molecule has 5 rings (SSSR count). The number of carbonyl (C=O) groups excluding carboxylic acids is 2. The number of ketones is 1.